The molecule has 0 aromatic heterocycles. The summed E-state index contributed by atoms with van der Waals surface area (Å²) in [4.78, 5) is 0. The van der Waals surface area contributed by atoms with E-state index in [-0.39, 0.29) is 0 Å². The smallest absolute Gasteiger partial charge is 0.124 e. The van der Waals surface area contributed by atoms with Crippen molar-refractivity contribution in [2.24, 2.45) is 0 Å². The first-order valence-electron chi connectivity index (χ1n) is 5.48. The molecule has 0 saturated heterocycles. The Bertz CT molecular complexity index is 584. The van der Waals surface area contributed by atoms with Gasteiger partial charge in [-0.3, -0.25) is 0 Å². The number of rotatable bonds is 3. The standard InChI is InChI=1S/C14H11BrClFO2/c1-19-11-2-3-12(13(16)7-11)14(18)8-4-9(15)6-10(17)5-8/h2-7,14,18H,1H3. The Kier molecular flexibility index (Phi) is 4.45. The number of halogens is 3. The maximum absolute atomic E-state index is 13.3. The van der Waals surface area contributed by atoms with Crippen LogP contribution in [0.5, 0.6) is 5.75 Å². The SMILES string of the molecule is COc1ccc(C(O)c2cc(F)cc(Br)c2)c(Cl)c1. The third-order valence-corrected chi connectivity index (χ3v) is 3.49. The predicted molar refractivity (Wildman–Crippen MR) is 76.2 cm³/mol. The third-order valence-electron chi connectivity index (χ3n) is 2.70. The summed E-state index contributed by atoms with van der Waals surface area (Å²) in [7, 11) is 1.53. The highest BCUT2D eigenvalue weighted by Gasteiger charge is 2.16. The van der Waals surface area contributed by atoms with Gasteiger partial charge >= 0.3 is 0 Å². The van der Waals surface area contributed by atoms with Gasteiger partial charge in [0.15, 0.2) is 0 Å². The summed E-state index contributed by atoms with van der Waals surface area (Å²) >= 11 is 9.28. The van der Waals surface area contributed by atoms with E-state index in [9.17, 15) is 9.50 Å². The Morgan fingerprint density at radius 3 is 2.58 bits per heavy atom. The molecule has 19 heavy (non-hydrogen) atoms. The monoisotopic (exact) mass is 344 g/mol. The minimum Gasteiger partial charge on any atom is -0.497 e. The fourth-order valence-corrected chi connectivity index (χ4v) is 2.53. The highest BCUT2D eigenvalue weighted by atomic mass is 79.9. The van der Waals surface area contributed by atoms with E-state index in [1.807, 2.05) is 0 Å². The third kappa shape index (κ3) is 3.26. The summed E-state index contributed by atoms with van der Waals surface area (Å²) in [5.74, 6) is 0.175. The molecule has 1 atom stereocenters. The Hall–Kier alpha value is -1.10. The van der Waals surface area contributed by atoms with E-state index in [4.69, 9.17) is 16.3 Å². The molecule has 0 fully saturated rings. The number of ether oxygens (including phenoxy) is 1. The molecule has 0 aliphatic heterocycles. The molecule has 2 rings (SSSR count). The lowest BCUT2D eigenvalue weighted by atomic mass is 10.0. The zero-order valence-electron chi connectivity index (χ0n) is 10.0. The number of aliphatic hydroxyl groups is 1. The largest absolute Gasteiger partial charge is 0.497 e. The highest BCUT2D eigenvalue weighted by molar-refractivity contribution is 9.10. The number of methoxy groups -OCH3 is 1. The molecule has 0 heterocycles. The molecule has 100 valence electrons. The second-order valence-electron chi connectivity index (χ2n) is 3.99. The molecule has 1 unspecified atom stereocenters. The fraction of sp³-hybridized carbons (Fsp3) is 0.143. The summed E-state index contributed by atoms with van der Waals surface area (Å²) in [6.45, 7) is 0. The van der Waals surface area contributed by atoms with Gasteiger partial charge in [0.2, 0.25) is 0 Å². The van der Waals surface area contributed by atoms with Crippen LogP contribution in [-0.4, -0.2) is 12.2 Å². The van der Waals surface area contributed by atoms with Crippen LogP contribution in [0, 0.1) is 5.82 Å². The van der Waals surface area contributed by atoms with E-state index in [1.54, 1.807) is 24.3 Å². The van der Waals surface area contributed by atoms with Crippen LogP contribution in [0.1, 0.15) is 17.2 Å². The molecule has 2 aromatic rings. The van der Waals surface area contributed by atoms with E-state index >= 15 is 0 Å². The lowest BCUT2D eigenvalue weighted by molar-refractivity contribution is 0.219. The normalized spacial score (nSPS) is 12.3. The minimum absolute atomic E-state index is 0.368. The Labute approximate surface area is 123 Å². The second kappa shape index (κ2) is 5.90. The van der Waals surface area contributed by atoms with Crippen molar-refractivity contribution in [3.8, 4) is 5.75 Å². The zero-order valence-corrected chi connectivity index (χ0v) is 12.4. The first kappa shape index (κ1) is 14.3. The van der Waals surface area contributed by atoms with Crippen molar-refractivity contribution >= 4 is 27.5 Å². The quantitative estimate of drug-likeness (QED) is 0.897. The Balaban J connectivity index is 2.40. The maximum Gasteiger partial charge on any atom is 0.124 e. The van der Waals surface area contributed by atoms with Gasteiger partial charge in [0, 0.05) is 10.0 Å². The number of hydrogen-bond acceptors (Lipinski definition) is 2. The number of benzene rings is 2. The molecule has 0 bridgehead atoms. The van der Waals surface area contributed by atoms with E-state index in [1.165, 1.54) is 19.2 Å². The molecular formula is C14H11BrClFO2. The summed E-state index contributed by atoms with van der Waals surface area (Å²) < 4.78 is 18.9. The molecule has 0 amide bonds. The molecule has 0 aliphatic rings. The lowest BCUT2D eigenvalue weighted by Crippen LogP contribution is -2.01. The van der Waals surface area contributed by atoms with Crippen LogP contribution in [0.25, 0.3) is 0 Å². The van der Waals surface area contributed by atoms with Gasteiger partial charge in [-0.2, -0.15) is 0 Å². The van der Waals surface area contributed by atoms with Crippen molar-refractivity contribution in [3.05, 3.63) is 62.8 Å². The van der Waals surface area contributed by atoms with E-state index in [0.29, 0.717) is 26.4 Å². The molecule has 0 radical (unpaired) electrons. The first-order valence-corrected chi connectivity index (χ1v) is 6.66. The Morgan fingerprint density at radius 1 is 1.26 bits per heavy atom. The van der Waals surface area contributed by atoms with Gasteiger partial charge in [0.25, 0.3) is 0 Å². The molecule has 0 saturated carbocycles. The van der Waals surface area contributed by atoms with Gasteiger partial charge in [-0.1, -0.05) is 33.6 Å². The van der Waals surface area contributed by atoms with Crippen LogP contribution in [0.2, 0.25) is 5.02 Å². The van der Waals surface area contributed by atoms with Crippen LogP contribution in [0.15, 0.2) is 40.9 Å². The van der Waals surface area contributed by atoms with Crippen LogP contribution in [-0.2, 0) is 0 Å². The molecule has 5 heteroatoms. The van der Waals surface area contributed by atoms with Crippen LogP contribution < -0.4 is 4.74 Å². The van der Waals surface area contributed by atoms with Crippen molar-refractivity contribution in [2.75, 3.05) is 7.11 Å². The van der Waals surface area contributed by atoms with E-state index in [2.05, 4.69) is 15.9 Å². The van der Waals surface area contributed by atoms with E-state index < -0.39 is 11.9 Å². The van der Waals surface area contributed by atoms with Crippen molar-refractivity contribution in [3.63, 3.8) is 0 Å². The zero-order chi connectivity index (χ0) is 14.0. The molecule has 0 aliphatic carbocycles. The van der Waals surface area contributed by atoms with Gasteiger partial charge in [0.05, 0.1) is 12.1 Å². The van der Waals surface area contributed by atoms with E-state index in [0.717, 1.165) is 0 Å². The summed E-state index contributed by atoms with van der Waals surface area (Å²) in [5.41, 5.74) is 0.930. The molecule has 1 N–H and O–H groups in total. The molecule has 0 spiro atoms. The van der Waals surface area contributed by atoms with Crippen molar-refractivity contribution < 1.29 is 14.2 Å². The van der Waals surface area contributed by atoms with Crippen molar-refractivity contribution in [1.82, 2.24) is 0 Å². The second-order valence-corrected chi connectivity index (χ2v) is 5.32. The van der Waals surface area contributed by atoms with Gasteiger partial charge in [-0.05, 0) is 35.9 Å². The van der Waals surface area contributed by atoms with Gasteiger partial charge in [-0.15, -0.1) is 0 Å². The summed E-state index contributed by atoms with van der Waals surface area (Å²) in [6.07, 6.45) is -0.995. The van der Waals surface area contributed by atoms with Crippen LogP contribution >= 0.6 is 27.5 Å². The number of aliphatic hydroxyl groups excluding tert-OH is 1. The fourth-order valence-electron chi connectivity index (χ4n) is 1.77. The van der Waals surface area contributed by atoms with Crippen LogP contribution in [0.4, 0.5) is 4.39 Å². The van der Waals surface area contributed by atoms with Gasteiger partial charge < -0.3 is 9.84 Å². The van der Waals surface area contributed by atoms with Gasteiger partial charge in [-0.25, -0.2) is 4.39 Å². The highest BCUT2D eigenvalue weighted by Crippen LogP contribution is 2.32. The maximum atomic E-state index is 13.3. The van der Waals surface area contributed by atoms with Crippen LogP contribution in [0.3, 0.4) is 0 Å². The average Bonchev–Trinajstić information content (AvgIpc) is 2.36. The van der Waals surface area contributed by atoms with Crippen molar-refractivity contribution in [1.29, 1.82) is 0 Å². The molecule has 2 nitrogen and oxygen atoms in total. The molecule has 2 aromatic carbocycles. The average molecular weight is 346 g/mol. The minimum atomic E-state index is -0.995. The number of hydrogen-bond donors (Lipinski definition) is 1. The topological polar surface area (TPSA) is 29.5 Å². The summed E-state index contributed by atoms with van der Waals surface area (Å²) in [5, 5.41) is 10.6. The lowest BCUT2D eigenvalue weighted by Gasteiger charge is -2.14. The molecular weight excluding hydrogens is 335 g/mol. The summed E-state index contributed by atoms with van der Waals surface area (Å²) in [6, 6.07) is 9.20. The predicted octanol–water partition coefficient (Wildman–Crippen LogP) is 4.33. The van der Waals surface area contributed by atoms with Gasteiger partial charge in [0.1, 0.15) is 17.7 Å². The van der Waals surface area contributed by atoms with Crippen molar-refractivity contribution in [2.45, 2.75) is 6.10 Å². The Morgan fingerprint density at radius 2 is 2.00 bits per heavy atom. The first-order chi connectivity index (χ1) is 9.01.